The number of benzene rings is 3. The van der Waals surface area contributed by atoms with Crippen molar-refractivity contribution in [3.8, 4) is 16.9 Å². The van der Waals surface area contributed by atoms with Crippen molar-refractivity contribution in [2.45, 2.75) is 13.5 Å². The van der Waals surface area contributed by atoms with Gasteiger partial charge in [0.1, 0.15) is 5.75 Å². The van der Waals surface area contributed by atoms with Crippen LogP contribution in [0.25, 0.3) is 11.1 Å². The summed E-state index contributed by atoms with van der Waals surface area (Å²) >= 11 is 0. The molecule has 3 rings (SSSR count). The fraction of sp³-hybridized carbons (Fsp3) is 0.0952. The molecule has 0 saturated heterocycles. The zero-order valence-corrected chi connectivity index (χ0v) is 13.5. The van der Waals surface area contributed by atoms with Gasteiger partial charge in [-0.1, -0.05) is 60.7 Å². The van der Waals surface area contributed by atoms with Gasteiger partial charge < -0.3 is 10.4 Å². The number of amides is 1. The highest BCUT2D eigenvalue weighted by molar-refractivity contribution is 5.94. The lowest BCUT2D eigenvalue weighted by atomic mass is 9.98. The molecule has 0 radical (unpaired) electrons. The van der Waals surface area contributed by atoms with Gasteiger partial charge in [0.05, 0.1) is 0 Å². The van der Waals surface area contributed by atoms with Crippen molar-refractivity contribution in [1.29, 1.82) is 0 Å². The third kappa shape index (κ3) is 3.30. The number of aromatic hydroxyl groups is 1. The van der Waals surface area contributed by atoms with Gasteiger partial charge in [-0.25, -0.2) is 0 Å². The smallest absolute Gasteiger partial charge is 0.251 e. The average Bonchev–Trinajstić information content (AvgIpc) is 2.64. The third-order valence-electron chi connectivity index (χ3n) is 4.10. The number of nitrogens with one attached hydrogen (secondary N) is 1. The van der Waals surface area contributed by atoms with Gasteiger partial charge in [0.2, 0.25) is 0 Å². The summed E-state index contributed by atoms with van der Waals surface area (Å²) in [7, 11) is 0. The van der Waals surface area contributed by atoms with Crippen molar-refractivity contribution in [3.05, 3.63) is 89.5 Å². The van der Waals surface area contributed by atoms with Gasteiger partial charge in [-0.3, -0.25) is 4.79 Å². The molecular formula is C21H19NO2. The van der Waals surface area contributed by atoms with Gasteiger partial charge in [0.25, 0.3) is 5.91 Å². The summed E-state index contributed by atoms with van der Waals surface area (Å²) in [5, 5.41) is 13.4. The molecule has 0 spiro atoms. The summed E-state index contributed by atoms with van der Waals surface area (Å²) in [5.74, 6) is 0.134. The van der Waals surface area contributed by atoms with E-state index in [0.29, 0.717) is 12.1 Å². The Bertz CT molecular complexity index is 842. The topological polar surface area (TPSA) is 49.3 Å². The first-order valence-corrected chi connectivity index (χ1v) is 7.87. The maximum atomic E-state index is 12.1. The van der Waals surface area contributed by atoms with Gasteiger partial charge in [0.15, 0.2) is 0 Å². The van der Waals surface area contributed by atoms with Gasteiger partial charge in [0, 0.05) is 17.7 Å². The fourth-order valence-electron chi connectivity index (χ4n) is 2.65. The molecule has 0 aliphatic rings. The summed E-state index contributed by atoms with van der Waals surface area (Å²) in [6.45, 7) is 2.24. The summed E-state index contributed by atoms with van der Waals surface area (Å²) in [6.07, 6.45) is 0. The molecule has 120 valence electrons. The van der Waals surface area contributed by atoms with Crippen molar-refractivity contribution < 1.29 is 9.90 Å². The molecule has 1 amide bonds. The van der Waals surface area contributed by atoms with E-state index in [-0.39, 0.29) is 11.7 Å². The molecule has 0 saturated carbocycles. The summed E-state index contributed by atoms with van der Waals surface area (Å²) in [4.78, 5) is 12.1. The molecule has 0 aliphatic heterocycles. The first-order chi connectivity index (χ1) is 11.7. The highest BCUT2D eigenvalue weighted by Gasteiger charge is 2.11. The molecule has 24 heavy (non-hydrogen) atoms. The Kier molecular flexibility index (Phi) is 4.62. The second-order valence-corrected chi connectivity index (χ2v) is 5.66. The number of rotatable bonds is 4. The number of carbonyl (C=O) groups excluding carboxylic acids is 1. The quantitative estimate of drug-likeness (QED) is 0.754. The van der Waals surface area contributed by atoms with E-state index in [9.17, 15) is 9.90 Å². The van der Waals surface area contributed by atoms with Crippen LogP contribution >= 0.6 is 0 Å². The lowest BCUT2D eigenvalue weighted by molar-refractivity contribution is 0.0951. The van der Waals surface area contributed by atoms with Crippen LogP contribution < -0.4 is 5.32 Å². The number of phenols is 1. The van der Waals surface area contributed by atoms with E-state index >= 15 is 0 Å². The van der Waals surface area contributed by atoms with Gasteiger partial charge >= 0.3 is 0 Å². The molecule has 0 unspecified atom stereocenters. The highest BCUT2D eigenvalue weighted by Crippen LogP contribution is 2.33. The van der Waals surface area contributed by atoms with Gasteiger partial charge in [-0.2, -0.15) is 0 Å². The van der Waals surface area contributed by atoms with Crippen molar-refractivity contribution >= 4 is 5.91 Å². The number of hydrogen-bond donors (Lipinski definition) is 2. The normalized spacial score (nSPS) is 10.4. The van der Waals surface area contributed by atoms with E-state index in [1.54, 1.807) is 12.1 Å². The second kappa shape index (κ2) is 7.01. The molecule has 0 aromatic heterocycles. The summed E-state index contributed by atoms with van der Waals surface area (Å²) in [5.41, 5.74) is 4.07. The average molecular weight is 317 g/mol. The third-order valence-corrected chi connectivity index (χ3v) is 4.10. The van der Waals surface area contributed by atoms with Gasteiger partial charge in [-0.15, -0.1) is 0 Å². The van der Waals surface area contributed by atoms with Crippen LogP contribution in [0, 0.1) is 6.92 Å². The molecule has 0 atom stereocenters. The molecule has 0 bridgehead atoms. The lowest BCUT2D eigenvalue weighted by Crippen LogP contribution is -2.23. The first-order valence-electron chi connectivity index (χ1n) is 7.87. The van der Waals surface area contributed by atoms with Crippen LogP contribution in [0.5, 0.6) is 5.75 Å². The van der Waals surface area contributed by atoms with Crippen molar-refractivity contribution in [3.63, 3.8) is 0 Å². The van der Waals surface area contributed by atoms with E-state index in [1.807, 2.05) is 67.6 Å². The van der Waals surface area contributed by atoms with Crippen LogP contribution in [0.15, 0.2) is 72.8 Å². The monoisotopic (exact) mass is 317 g/mol. The minimum absolute atomic E-state index is 0.123. The maximum absolute atomic E-state index is 12.1. The van der Waals surface area contributed by atoms with E-state index in [2.05, 4.69) is 5.32 Å². The van der Waals surface area contributed by atoms with Crippen LogP contribution in [-0.4, -0.2) is 11.0 Å². The van der Waals surface area contributed by atoms with Crippen LogP contribution in [0.1, 0.15) is 21.5 Å². The Balaban J connectivity index is 1.78. The first kappa shape index (κ1) is 15.8. The van der Waals surface area contributed by atoms with E-state index < -0.39 is 0 Å². The Labute approximate surface area is 141 Å². The molecule has 3 heteroatoms. The molecule has 0 aliphatic carbocycles. The molecule has 0 fully saturated rings. The predicted molar refractivity (Wildman–Crippen MR) is 95.9 cm³/mol. The summed E-state index contributed by atoms with van der Waals surface area (Å²) in [6, 6.07) is 22.7. The minimum Gasteiger partial charge on any atom is -0.507 e. The second-order valence-electron chi connectivity index (χ2n) is 5.66. The fourth-order valence-corrected chi connectivity index (χ4v) is 2.65. The Morgan fingerprint density at radius 3 is 2.21 bits per heavy atom. The van der Waals surface area contributed by atoms with Crippen LogP contribution in [0.2, 0.25) is 0 Å². The predicted octanol–water partition coefficient (Wildman–Crippen LogP) is 4.30. The minimum atomic E-state index is -0.123. The SMILES string of the molecule is Cc1c(CNC(=O)c2ccccc2)ccc(-c2ccccc2)c1O. The lowest BCUT2D eigenvalue weighted by Gasteiger charge is -2.13. The standard InChI is InChI=1S/C21H19NO2/c1-15-18(14-22-21(24)17-10-6-3-7-11-17)12-13-19(20(15)23)16-8-4-2-5-9-16/h2-13,23H,14H2,1H3,(H,22,24). The molecule has 3 aromatic rings. The zero-order chi connectivity index (χ0) is 16.9. The Morgan fingerprint density at radius 1 is 0.917 bits per heavy atom. The van der Waals surface area contributed by atoms with Crippen LogP contribution in [-0.2, 0) is 6.54 Å². The van der Waals surface area contributed by atoms with E-state index in [4.69, 9.17) is 0 Å². The maximum Gasteiger partial charge on any atom is 0.251 e. The Morgan fingerprint density at radius 2 is 1.54 bits per heavy atom. The van der Waals surface area contributed by atoms with E-state index in [0.717, 1.165) is 22.3 Å². The van der Waals surface area contributed by atoms with Crippen molar-refractivity contribution in [2.24, 2.45) is 0 Å². The van der Waals surface area contributed by atoms with Crippen molar-refractivity contribution in [1.82, 2.24) is 5.32 Å². The van der Waals surface area contributed by atoms with Crippen LogP contribution in [0.4, 0.5) is 0 Å². The number of hydrogen-bond acceptors (Lipinski definition) is 2. The zero-order valence-electron chi connectivity index (χ0n) is 13.5. The molecule has 0 heterocycles. The largest absolute Gasteiger partial charge is 0.507 e. The summed E-state index contributed by atoms with van der Waals surface area (Å²) < 4.78 is 0. The highest BCUT2D eigenvalue weighted by atomic mass is 16.3. The molecular weight excluding hydrogens is 298 g/mol. The van der Waals surface area contributed by atoms with Crippen LogP contribution in [0.3, 0.4) is 0 Å². The van der Waals surface area contributed by atoms with Crippen molar-refractivity contribution in [2.75, 3.05) is 0 Å². The molecule has 3 nitrogen and oxygen atoms in total. The molecule has 3 aromatic carbocycles. The Hall–Kier alpha value is -3.07. The van der Waals surface area contributed by atoms with E-state index in [1.165, 1.54) is 0 Å². The molecule has 2 N–H and O–H groups in total. The number of phenolic OH excluding ortho intramolecular Hbond substituents is 1. The number of carbonyl (C=O) groups is 1. The van der Waals surface area contributed by atoms with Gasteiger partial charge in [-0.05, 0) is 35.7 Å².